The third kappa shape index (κ3) is 4.68. The highest BCUT2D eigenvalue weighted by molar-refractivity contribution is 7.90. The van der Waals surface area contributed by atoms with Crippen LogP contribution in [0, 0.1) is 6.92 Å². The third-order valence-corrected chi connectivity index (χ3v) is 5.13. The minimum absolute atomic E-state index is 0.0228. The molecule has 0 unspecified atom stereocenters. The van der Waals surface area contributed by atoms with Gasteiger partial charge in [-0.1, -0.05) is 62.7 Å². The Morgan fingerprint density at radius 3 is 2.25 bits per heavy atom. The zero-order valence-corrected chi connectivity index (χ0v) is 15.3. The van der Waals surface area contributed by atoms with Gasteiger partial charge in [-0.15, -0.1) is 0 Å². The standard InChI is InChI=1S/C19H23NO3S/c1-14-8-10-17(11-9-14)24(22,23)20-18(21)13-15-6-5-7-16(12-15)19(2,3)4/h5-12H,13H2,1-4H3,(H,20,21). The number of sulfonamides is 1. The molecule has 0 saturated carbocycles. The maximum atomic E-state index is 12.2. The van der Waals surface area contributed by atoms with Crippen LogP contribution in [0.4, 0.5) is 0 Å². The molecule has 0 saturated heterocycles. The molecule has 5 heteroatoms. The predicted octanol–water partition coefficient (Wildman–Crippen LogP) is 3.34. The molecule has 0 heterocycles. The van der Waals surface area contributed by atoms with Crippen molar-refractivity contribution in [2.75, 3.05) is 0 Å². The second-order valence-electron chi connectivity index (χ2n) is 6.97. The van der Waals surface area contributed by atoms with Gasteiger partial charge in [-0.05, 0) is 35.6 Å². The van der Waals surface area contributed by atoms with E-state index < -0.39 is 15.9 Å². The molecule has 0 atom stereocenters. The first-order valence-corrected chi connectivity index (χ1v) is 9.28. The number of carbonyl (C=O) groups is 1. The van der Waals surface area contributed by atoms with Gasteiger partial charge in [0.05, 0.1) is 11.3 Å². The van der Waals surface area contributed by atoms with E-state index in [0.717, 1.165) is 16.7 Å². The summed E-state index contributed by atoms with van der Waals surface area (Å²) < 4.78 is 26.6. The summed E-state index contributed by atoms with van der Waals surface area (Å²) in [6.45, 7) is 8.15. The second-order valence-corrected chi connectivity index (χ2v) is 8.65. The molecule has 0 aliphatic heterocycles. The molecule has 0 aliphatic carbocycles. The van der Waals surface area contributed by atoms with Gasteiger partial charge in [-0.3, -0.25) is 4.79 Å². The van der Waals surface area contributed by atoms with Crippen LogP contribution in [0.3, 0.4) is 0 Å². The first kappa shape index (κ1) is 18.2. The number of carbonyl (C=O) groups excluding carboxylic acids is 1. The van der Waals surface area contributed by atoms with Crippen molar-refractivity contribution in [2.24, 2.45) is 0 Å². The molecule has 2 rings (SSSR count). The van der Waals surface area contributed by atoms with Crippen molar-refractivity contribution in [1.29, 1.82) is 0 Å². The molecule has 0 radical (unpaired) electrons. The maximum absolute atomic E-state index is 12.2. The van der Waals surface area contributed by atoms with E-state index in [1.54, 1.807) is 12.1 Å². The predicted molar refractivity (Wildman–Crippen MR) is 95.4 cm³/mol. The first-order valence-electron chi connectivity index (χ1n) is 7.80. The topological polar surface area (TPSA) is 63.2 Å². The van der Waals surface area contributed by atoms with Crippen LogP contribution in [0.25, 0.3) is 0 Å². The molecule has 1 N–H and O–H groups in total. The van der Waals surface area contributed by atoms with Crippen molar-refractivity contribution in [3.05, 3.63) is 65.2 Å². The molecule has 0 bridgehead atoms. The number of rotatable bonds is 4. The smallest absolute Gasteiger partial charge is 0.264 e. The lowest BCUT2D eigenvalue weighted by molar-refractivity contribution is -0.118. The summed E-state index contributed by atoms with van der Waals surface area (Å²) in [5.74, 6) is -0.540. The minimum Gasteiger partial charge on any atom is -0.274 e. The largest absolute Gasteiger partial charge is 0.274 e. The molecule has 2 aromatic carbocycles. The molecule has 2 aromatic rings. The van der Waals surface area contributed by atoms with Gasteiger partial charge in [0, 0.05) is 0 Å². The number of benzene rings is 2. The highest BCUT2D eigenvalue weighted by Crippen LogP contribution is 2.23. The van der Waals surface area contributed by atoms with Crippen LogP contribution in [0.15, 0.2) is 53.4 Å². The minimum atomic E-state index is -3.83. The molecular weight excluding hydrogens is 322 g/mol. The van der Waals surface area contributed by atoms with E-state index in [2.05, 4.69) is 25.5 Å². The van der Waals surface area contributed by atoms with Crippen molar-refractivity contribution in [1.82, 2.24) is 4.72 Å². The van der Waals surface area contributed by atoms with Crippen LogP contribution in [-0.2, 0) is 26.7 Å². The lowest BCUT2D eigenvalue weighted by Gasteiger charge is -2.19. The van der Waals surface area contributed by atoms with Gasteiger partial charge >= 0.3 is 0 Å². The molecule has 0 aliphatic rings. The fourth-order valence-electron chi connectivity index (χ4n) is 2.30. The SMILES string of the molecule is Cc1ccc(S(=O)(=O)NC(=O)Cc2cccc(C(C)(C)C)c2)cc1. The van der Waals surface area contributed by atoms with Gasteiger partial charge in [-0.2, -0.15) is 0 Å². The average molecular weight is 345 g/mol. The molecule has 0 fully saturated rings. The summed E-state index contributed by atoms with van der Waals surface area (Å²) in [5.41, 5.74) is 2.83. The highest BCUT2D eigenvalue weighted by Gasteiger charge is 2.18. The normalized spacial score (nSPS) is 12.0. The van der Waals surface area contributed by atoms with E-state index in [9.17, 15) is 13.2 Å². The van der Waals surface area contributed by atoms with E-state index in [0.29, 0.717) is 0 Å². The fourth-order valence-corrected chi connectivity index (χ4v) is 3.28. The Balaban J connectivity index is 2.12. The van der Waals surface area contributed by atoms with E-state index in [1.807, 2.05) is 31.2 Å². The zero-order chi connectivity index (χ0) is 18.0. The monoisotopic (exact) mass is 345 g/mol. The number of hydrogen-bond acceptors (Lipinski definition) is 3. The van der Waals surface area contributed by atoms with Crippen LogP contribution in [0.2, 0.25) is 0 Å². The second kappa shape index (κ2) is 6.77. The fraction of sp³-hybridized carbons (Fsp3) is 0.316. The molecule has 128 valence electrons. The Labute approximate surface area is 144 Å². The number of aryl methyl sites for hydroxylation is 1. The number of hydrogen-bond donors (Lipinski definition) is 1. The lowest BCUT2D eigenvalue weighted by atomic mass is 9.86. The Kier molecular flexibility index (Phi) is 5.13. The number of amides is 1. The molecular formula is C19H23NO3S. The Hall–Kier alpha value is -2.14. The van der Waals surface area contributed by atoms with E-state index in [1.165, 1.54) is 12.1 Å². The van der Waals surface area contributed by atoms with Gasteiger partial charge in [-0.25, -0.2) is 13.1 Å². The Morgan fingerprint density at radius 2 is 1.67 bits per heavy atom. The van der Waals surface area contributed by atoms with E-state index >= 15 is 0 Å². The van der Waals surface area contributed by atoms with Crippen LogP contribution in [-0.4, -0.2) is 14.3 Å². The van der Waals surface area contributed by atoms with Crippen LogP contribution < -0.4 is 4.72 Å². The summed E-state index contributed by atoms with van der Waals surface area (Å²) in [6, 6.07) is 14.0. The molecule has 4 nitrogen and oxygen atoms in total. The zero-order valence-electron chi connectivity index (χ0n) is 14.5. The third-order valence-electron chi connectivity index (χ3n) is 3.74. The summed E-state index contributed by atoms with van der Waals surface area (Å²) in [5, 5.41) is 0. The van der Waals surface area contributed by atoms with E-state index in [4.69, 9.17) is 0 Å². The molecule has 1 amide bonds. The van der Waals surface area contributed by atoms with Crippen molar-refractivity contribution < 1.29 is 13.2 Å². The van der Waals surface area contributed by atoms with Crippen LogP contribution in [0.1, 0.15) is 37.5 Å². The number of nitrogens with one attached hydrogen (secondary N) is 1. The van der Waals surface area contributed by atoms with Crippen LogP contribution >= 0.6 is 0 Å². The molecule has 0 spiro atoms. The van der Waals surface area contributed by atoms with Crippen molar-refractivity contribution in [2.45, 2.75) is 44.4 Å². The van der Waals surface area contributed by atoms with Crippen molar-refractivity contribution >= 4 is 15.9 Å². The summed E-state index contributed by atoms with van der Waals surface area (Å²) in [4.78, 5) is 12.2. The summed E-state index contributed by atoms with van der Waals surface area (Å²) in [6.07, 6.45) is 0.0228. The van der Waals surface area contributed by atoms with Gasteiger partial charge in [0.25, 0.3) is 10.0 Å². The van der Waals surface area contributed by atoms with E-state index in [-0.39, 0.29) is 16.7 Å². The Bertz CT molecular complexity index is 832. The van der Waals surface area contributed by atoms with Gasteiger partial charge in [0.2, 0.25) is 5.91 Å². The molecule has 24 heavy (non-hydrogen) atoms. The first-order chi connectivity index (χ1) is 11.1. The van der Waals surface area contributed by atoms with Crippen molar-refractivity contribution in [3.63, 3.8) is 0 Å². The maximum Gasteiger partial charge on any atom is 0.264 e. The highest BCUT2D eigenvalue weighted by atomic mass is 32.2. The van der Waals surface area contributed by atoms with Crippen molar-refractivity contribution in [3.8, 4) is 0 Å². The van der Waals surface area contributed by atoms with Gasteiger partial charge < -0.3 is 0 Å². The Morgan fingerprint density at radius 1 is 1.04 bits per heavy atom. The summed E-state index contributed by atoms with van der Waals surface area (Å²) in [7, 11) is -3.83. The molecule has 0 aromatic heterocycles. The lowest BCUT2D eigenvalue weighted by Crippen LogP contribution is -2.31. The van der Waals surface area contributed by atoms with Gasteiger partial charge in [0.15, 0.2) is 0 Å². The van der Waals surface area contributed by atoms with Crippen LogP contribution in [0.5, 0.6) is 0 Å². The summed E-state index contributed by atoms with van der Waals surface area (Å²) >= 11 is 0. The van der Waals surface area contributed by atoms with Gasteiger partial charge in [0.1, 0.15) is 0 Å². The quantitative estimate of drug-likeness (QED) is 0.924. The average Bonchev–Trinajstić information content (AvgIpc) is 2.46.